The molecule has 0 aliphatic carbocycles. The van der Waals surface area contributed by atoms with Crippen molar-refractivity contribution in [2.24, 2.45) is 0 Å². The molecule has 0 atom stereocenters. The minimum absolute atomic E-state index is 0.102. The summed E-state index contributed by atoms with van der Waals surface area (Å²) in [5.41, 5.74) is 3.84. The van der Waals surface area contributed by atoms with E-state index in [1.165, 1.54) is 4.90 Å². The molecule has 3 aromatic rings. The van der Waals surface area contributed by atoms with Gasteiger partial charge in [0.2, 0.25) is 0 Å². The maximum atomic E-state index is 12.6. The Morgan fingerprint density at radius 2 is 1.52 bits per heavy atom. The SMILES string of the molecule is Cc1ccc(-n2nc(C)cc2NC(=O)c2ccc(C(=O)N(C)C)cc2)cc1. The highest BCUT2D eigenvalue weighted by Crippen LogP contribution is 2.19. The first-order valence-corrected chi connectivity index (χ1v) is 8.62. The van der Waals surface area contributed by atoms with Crippen LogP contribution in [0.3, 0.4) is 0 Å². The number of hydrogen-bond acceptors (Lipinski definition) is 3. The molecule has 0 aliphatic heterocycles. The summed E-state index contributed by atoms with van der Waals surface area (Å²) < 4.78 is 1.70. The number of hydrogen-bond donors (Lipinski definition) is 1. The molecule has 0 radical (unpaired) electrons. The van der Waals surface area contributed by atoms with Crippen molar-refractivity contribution >= 4 is 17.6 Å². The van der Waals surface area contributed by atoms with Crippen LogP contribution in [-0.2, 0) is 0 Å². The van der Waals surface area contributed by atoms with Crippen LogP contribution in [0.2, 0.25) is 0 Å². The minimum atomic E-state index is -0.257. The zero-order valence-electron chi connectivity index (χ0n) is 15.9. The Bertz CT molecular complexity index is 970. The second kappa shape index (κ2) is 7.45. The molecular formula is C21H22N4O2. The first-order chi connectivity index (χ1) is 12.8. The lowest BCUT2D eigenvalue weighted by atomic mass is 10.1. The zero-order chi connectivity index (χ0) is 19.6. The van der Waals surface area contributed by atoms with Crippen molar-refractivity contribution in [2.75, 3.05) is 19.4 Å². The second-order valence-corrected chi connectivity index (χ2v) is 6.65. The van der Waals surface area contributed by atoms with Crippen LogP contribution in [0.4, 0.5) is 5.82 Å². The third-order valence-corrected chi connectivity index (χ3v) is 4.15. The number of amides is 2. The Morgan fingerprint density at radius 1 is 0.926 bits per heavy atom. The van der Waals surface area contributed by atoms with Crippen LogP contribution in [0.15, 0.2) is 54.6 Å². The molecule has 0 fully saturated rings. The highest BCUT2D eigenvalue weighted by molar-refractivity contribution is 6.04. The molecule has 27 heavy (non-hydrogen) atoms. The van der Waals surface area contributed by atoms with Crippen molar-refractivity contribution in [3.8, 4) is 5.69 Å². The maximum Gasteiger partial charge on any atom is 0.256 e. The van der Waals surface area contributed by atoms with Crippen molar-refractivity contribution < 1.29 is 9.59 Å². The van der Waals surface area contributed by atoms with Crippen molar-refractivity contribution in [3.05, 3.63) is 77.0 Å². The Labute approximate surface area is 158 Å². The molecule has 0 saturated carbocycles. The van der Waals surface area contributed by atoms with Gasteiger partial charge < -0.3 is 10.2 Å². The zero-order valence-corrected chi connectivity index (χ0v) is 15.9. The average molecular weight is 362 g/mol. The summed E-state index contributed by atoms with van der Waals surface area (Å²) in [5.74, 6) is 0.233. The van der Waals surface area contributed by atoms with Gasteiger partial charge in [0.25, 0.3) is 11.8 Å². The summed E-state index contributed by atoms with van der Waals surface area (Å²) in [6.45, 7) is 3.90. The van der Waals surface area contributed by atoms with Gasteiger partial charge in [0.05, 0.1) is 11.4 Å². The van der Waals surface area contributed by atoms with E-state index in [4.69, 9.17) is 0 Å². The number of carbonyl (C=O) groups excluding carboxylic acids is 2. The summed E-state index contributed by atoms with van der Waals surface area (Å²) in [7, 11) is 3.38. The Balaban J connectivity index is 1.82. The van der Waals surface area contributed by atoms with Gasteiger partial charge in [-0.15, -0.1) is 0 Å². The molecular weight excluding hydrogens is 340 g/mol. The smallest absolute Gasteiger partial charge is 0.256 e. The average Bonchev–Trinajstić information content (AvgIpc) is 3.01. The number of benzene rings is 2. The molecule has 0 bridgehead atoms. The van der Waals surface area contributed by atoms with Gasteiger partial charge in [-0.2, -0.15) is 5.10 Å². The molecule has 0 spiro atoms. The second-order valence-electron chi connectivity index (χ2n) is 6.65. The highest BCUT2D eigenvalue weighted by atomic mass is 16.2. The van der Waals surface area contributed by atoms with Gasteiger partial charge in [-0.25, -0.2) is 4.68 Å². The number of nitrogens with one attached hydrogen (secondary N) is 1. The Hall–Kier alpha value is -3.41. The molecule has 3 rings (SSSR count). The Morgan fingerprint density at radius 3 is 2.11 bits per heavy atom. The van der Waals surface area contributed by atoms with Crippen LogP contribution in [0, 0.1) is 13.8 Å². The topological polar surface area (TPSA) is 67.2 Å². The van der Waals surface area contributed by atoms with E-state index in [9.17, 15) is 9.59 Å². The summed E-state index contributed by atoms with van der Waals surface area (Å²) in [4.78, 5) is 26.1. The van der Waals surface area contributed by atoms with Crippen molar-refractivity contribution in [1.29, 1.82) is 0 Å². The molecule has 1 heterocycles. The standard InChI is InChI=1S/C21H22N4O2/c1-14-5-11-18(12-6-14)25-19(13-15(2)23-25)22-20(26)16-7-9-17(10-8-16)21(27)24(3)4/h5-13H,1-4H3,(H,22,26). The van der Waals surface area contributed by atoms with E-state index < -0.39 is 0 Å². The monoisotopic (exact) mass is 362 g/mol. The molecule has 138 valence electrons. The van der Waals surface area contributed by atoms with E-state index >= 15 is 0 Å². The number of carbonyl (C=O) groups is 2. The van der Waals surface area contributed by atoms with Gasteiger partial charge in [0.1, 0.15) is 5.82 Å². The van der Waals surface area contributed by atoms with Gasteiger partial charge in [-0.1, -0.05) is 17.7 Å². The first kappa shape index (κ1) is 18.4. The third kappa shape index (κ3) is 4.06. The van der Waals surface area contributed by atoms with Gasteiger partial charge in [-0.05, 0) is 50.2 Å². The molecule has 2 amide bonds. The van der Waals surface area contributed by atoms with E-state index in [1.807, 2.05) is 44.2 Å². The summed E-state index contributed by atoms with van der Waals surface area (Å²) in [6.07, 6.45) is 0. The van der Waals surface area contributed by atoms with Crippen molar-refractivity contribution in [1.82, 2.24) is 14.7 Å². The Kier molecular flexibility index (Phi) is 5.07. The number of aryl methyl sites for hydroxylation is 2. The molecule has 6 heteroatoms. The van der Waals surface area contributed by atoms with E-state index in [2.05, 4.69) is 10.4 Å². The maximum absolute atomic E-state index is 12.6. The largest absolute Gasteiger partial charge is 0.345 e. The molecule has 6 nitrogen and oxygen atoms in total. The first-order valence-electron chi connectivity index (χ1n) is 8.62. The van der Waals surface area contributed by atoms with Gasteiger partial charge in [0.15, 0.2) is 0 Å². The van der Waals surface area contributed by atoms with Gasteiger partial charge >= 0.3 is 0 Å². The molecule has 0 aliphatic rings. The number of rotatable bonds is 4. The van der Waals surface area contributed by atoms with Crippen molar-refractivity contribution in [2.45, 2.75) is 13.8 Å². The van der Waals surface area contributed by atoms with E-state index in [0.717, 1.165) is 16.9 Å². The van der Waals surface area contributed by atoms with Crippen LogP contribution in [-0.4, -0.2) is 40.6 Å². The summed E-state index contributed by atoms with van der Waals surface area (Å²) >= 11 is 0. The quantitative estimate of drug-likeness (QED) is 0.773. The van der Waals surface area contributed by atoms with E-state index in [-0.39, 0.29) is 11.8 Å². The summed E-state index contributed by atoms with van der Waals surface area (Å²) in [6, 6.07) is 16.3. The fourth-order valence-corrected chi connectivity index (χ4v) is 2.68. The van der Waals surface area contributed by atoms with Crippen LogP contribution >= 0.6 is 0 Å². The molecule has 1 N–H and O–H groups in total. The van der Waals surface area contributed by atoms with Crippen LogP contribution in [0.25, 0.3) is 5.69 Å². The van der Waals surface area contributed by atoms with E-state index in [1.54, 1.807) is 43.0 Å². The lowest BCUT2D eigenvalue weighted by Gasteiger charge is -2.11. The lowest BCUT2D eigenvalue weighted by Crippen LogP contribution is -2.22. The molecule has 2 aromatic carbocycles. The van der Waals surface area contributed by atoms with Gasteiger partial charge in [0, 0.05) is 31.3 Å². The number of aromatic nitrogens is 2. The molecule has 0 saturated heterocycles. The normalized spacial score (nSPS) is 10.5. The number of anilines is 1. The number of nitrogens with zero attached hydrogens (tertiary/aromatic N) is 3. The van der Waals surface area contributed by atoms with Crippen LogP contribution in [0.5, 0.6) is 0 Å². The van der Waals surface area contributed by atoms with Gasteiger partial charge in [-0.3, -0.25) is 9.59 Å². The fourth-order valence-electron chi connectivity index (χ4n) is 2.68. The third-order valence-electron chi connectivity index (χ3n) is 4.15. The fraction of sp³-hybridized carbons (Fsp3) is 0.190. The molecule has 1 aromatic heterocycles. The highest BCUT2D eigenvalue weighted by Gasteiger charge is 2.14. The van der Waals surface area contributed by atoms with Crippen LogP contribution < -0.4 is 5.32 Å². The lowest BCUT2D eigenvalue weighted by molar-refractivity contribution is 0.0827. The van der Waals surface area contributed by atoms with E-state index in [0.29, 0.717) is 16.9 Å². The molecule has 0 unspecified atom stereocenters. The van der Waals surface area contributed by atoms with Crippen molar-refractivity contribution in [3.63, 3.8) is 0 Å². The van der Waals surface area contributed by atoms with Crippen LogP contribution in [0.1, 0.15) is 32.0 Å². The predicted octanol–water partition coefficient (Wildman–Crippen LogP) is 3.44. The minimum Gasteiger partial charge on any atom is -0.345 e. The predicted molar refractivity (Wildman–Crippen MR) is 105 cm³/mol. The summed E-state index contributed by atoms with van der Waals surface area (Å²) in [5, 5.41) is 7.36.